The quantitative estimate of drug-likeness (QED) is 0.842. The smallest absolute Gasteiger partial charge is 0.320 e. The number of imidazole rings is 1. The number of rotatable bonds is 2. The van der Waals surface area contributed by atoms with Crippen LogP contribution in [0.1, 0.15) is 19.3 Å². The Morgan fingerprint density at radius 1 is 1.35 bits per heavy atom. The van der Waals surface area contributed by atoms with E-state index in [-0.39, 0.29) is 11.5 Å². The van der Waals surface area contributed by atoms with Crippen LogP contribution in [0.4, 0.5) is 5.82 Å². The van der Waals surface area contributed by atoms with Gasteiger partial charge in [0.1, 0.15) is 17.9 Å². The van der Waals surface area contributed by atoms with Gasteiger partial charge in [0.25, 0.3) is 0 Å². The summed E-state index contributed by atoms with van der Waals surface area (Å²) in [6.07, 6.45) is 5.90. The zero-order chi connectivity index (χ0) is 16.0. The zero-order valence-corrected chi connectivity index (χ0v) is 13.1. The summed E-state index contributed by atoms with van der Waals surface area (Å²) in [5.74, 6) is 0.185. The molecule has 1 spiro atoms. The molecule has 2 aliphatic heterocycles. The van der Waals surface area contributed by atoms with Crippen molar-refractivity contribution in [1.82, 2.24) is 24.8 Å². The molecule has 0 bridgehead atoms. The molecular formula is C15H20N6O2. The Hall–Kier alpha value is -2.22. The van der Waals surface area contributed by atoms with Gasteiger partial charge in [-0.2, -0.15) is 0 Å². The van der Waals surface area contributed by atoms with E-state index in [2.05, 4.69) is 24.8 Å². The summed E-state index contributed by atoms with van der Waals surface area (Å²) in [7, 11) is 1.92. The standard InChI is InChI=1S/C15H20N6O2/c1-20-7-15(6-10(20)14(22)23)2-4-21(5-3-15)13-11-12(17-8-16-11)18-9-19-13/h8-10H,2-7H2,1H3,(H,22,23)(H,16,17,18,19)/t10-/m0/s1. The highest BCUT2D eigenvalue weighted by atomic mass is 16.4. The summed E-state index contributed by atoms with van der Waals surface area (Å²) in [6.45, 7) is 2.62. The molecule has 2 aromatic rings. The molecule has 2 saturated heterocycles. The number of nitrogens with one attached hydrogen (secondary N) is 1. The van der Waals surface area contributed by atoms with Crippen LogP contribution in [0, 0.1) is 5.41 Å². The van der Waals surface area contributed by atoms with Gasteiger partial charge in [-0.3, -0.25) is 9.69 Å². The van der Waals surface area contributed by atoms with Crippen LogP contribution in [-0.4, -0.2) is 68.6 Å². The number of aliphatic carboxylic acids is 1. The molecule has 1 atom stereocenters. The van der Waals surface area contributed by atoms with Crippen molar-refractivity contribution in [2.24, 2.45) is 5.41 Å². The van der Waals surface area contributed by atoms with E-state index in [4.69, 9.17) is 0 Å². The Labute approximate surface area is 133 Å². The summed E-state index contributed by atoms with van der Waals surface area (Å²) >= 11 is 0. The van der Waals surface area contributed by atoms with E-state index in [0.717, 1.165) is 50.2 Å². The number of anilines is 1. The van der Waals surface area contributed by atoms with Crippen LogP contribution in [0.2, 0.25) is 0 Å². The molecule has 4 rings (SSSR count). The van der Waals surface area contributed by atoms with E-state index >= 15 is 0 Å². The molecule has 0 unspecified atom stereocenters. The number of piperidine rings is 1. The van der Waals surface area contributed by atoms with Crippen molar-refractivity contribution in [3.63, 3.8) is 0 Å². The van der Waals surface area contributed by atoms with Crippen molar-refractivity contribution in [2.45, 2.75) is 25.3 Å². The number of hydrogen-bond acceptors (Lipinski definition) is 6. The molecule has 2 N–H and O–H groups in total. The van der Waals surface area contributed by atoms with Gasteiger partial charge in [0.2, 0.25) is 0 Å². The van der Waals surface area contributed by atoms with Gasteiger partial charge in [-0.05, 0) is 31.7 Å². The number of aromatic amines is 1. The second kappa shape index (κ2) is 5.16. The first-order chi connectivity index (χ1) is 11.1. The van der Waals surface area contributed by atoms with Gasteiger partial charge in [0, 0.05) is 19.6 Å². The second-order valence-electron chi connectivity index (χ2n) is 6.76. The average Bonchev–Trinajstić information content (AvgIpc) is 3.13. The molecule has 2 fully saturated rings. The van der Waals surface area contributed by atoms with Crippen molar-refractivity contribution in [2.75, 3.05) is 31.6 Å². The number of likely N-dealkylation sites (N-methyl/N-ethyl adjacent to an activating group) is 1. The minimum absolute atomic E-state index is 0.119. The average molecular weight is 316 g/mol. The number of nitrogens with zero attached hydrogens (tertiary/aromatic N) is 5. The van der Waals surface area contributed by atoms with Gasteiger partial charge in [0.15, 0.2) is 11.5 Å². The first-order valence-electron chi connectivity index (χ1n) is 7.90. The summed E-state index contributed by atoms with van der Waals surface area (Å²) in [5, 5.41) is 9.34. The van der Waals surface area contributed by atoms with E-state index < -0.39 is 5.97 Å². The fraction of sp³-hybridized carbons (Fsp3) is 0.600. The third-order valence-electron chi connectivity index (χ3n) is 5.35. The number of carbonyl (C=O) groups is 1. The lowest BCUT2D eigenvalue weighted by Crippen LogP contribution is -2.41. The Morgan fingerprint density at radius 3 is 2.83 bits per heavy atom. The highest BCUT2D eigenvalue weighted by molar-refractivity contribution is 5.82. The lowest BCUT2D eigenvalue weighted by molar-refractivity contribution is -0.141. The van der Waals surface area contributed by atoms with Crippen LogP contribution in [-0.2, 0) is 4.79 Å². The van der Waals surface area contributed by atoms with Crippen molar-refractivity contribution in [3.8, 4) is 0 Å². The Kier molecular flexibility index (Phi) is 3.22. The molecule has 122 valence electrons. The maximum Gasteiger partial charge on any atom is 0.320 e. The summed E-state index contributed by atoms with van der Waals surface area (Å²) in [5.41, 5.74) is 1.67. The fourth-order valence-corrected chi connectivity index (χ4v) is 4.09. The summed E-state index contributed by atoms with van der Waals surface area (Å²) < 4.78 is 0. The highest BCUT2D eigenvalue weighted by Gasteiger charge is 2.46. The Morgan fingerprint density at radius 2 is 2.13 bits per heavy atom. The Balaban J connectivity index is 1.52. The van der Waals surface area contributed by atoms with Crippen LogP contribution in [0.15, 0.2) is 12.7 Å². The van der Waals surface area contributed by atoms with Crippen LogP contribution in [0.25, 0.3) is 11.2 Å². The molecule has 0 aliphatic carbocycles. The van der Waals surface area contributed by atoms with E-state index in [9.17, 15) is 9.90 Å². The maximum atomic E-state index is 11.4. The van der Waals surface area contributed by atoms with Gasteiger partial charge in [-0.25, -0.2) is 15.0 Å². The Bertz CT molecular complexity index is 736. The number of fused-ring (bicyclic) bond motifs is 1. The first-order valence-corrected chi connectivity index (χ1v) is 7.90. The fourth-order valence-electron chi connectivity index (χ4n) is 4.09. The second-order valence-corrected chi connectivity index (χ2v) is 6.76. The van der Waals surface area contributed by atoms with Crippen LogP contribution in [0.3, 0.4) is 0 Å². The SMILES string of the molecule is CN1CC2(CCN(c3ncnc4nc[nH]c34)CC2)C[C@H]1C(=O)O. The number of hydrogen-bond donors (Lipinski definition) is 2. The number of carboxylic acids is 1. The van der Waals surface area contributed by atoms with Gasteiger partial charge >= 0.3 is 5.97 Å². The van der Waals surface area contributed by atoms with Crippen molar-refractivity contribution < 1.29 is 9.90 Å². The molecule has 0 saturated carbocycles. The lowest BCUT2D eigenvalue weighted by atomic mass is 9.76. The molecular weight excluding hydrogens is 296 g/mol. The number of likely N-dealkylation sites (tertiary alicyclic amines) is 1. The monoisotopic (exact) mass is 316 g/mol. The topological polar surface area (TPSA) is 98.2 Å². The van der Waals surface area contributed by atoms with Gasteiger partial charge < -0.3 is 15.0 Å². The van der Waals surface area contributed by atoms with E-state index in [1.54, 1.807) is 12.7 Å². The van der Waals surface area contributed by atoms with Gasteiger partial charge in [-0.1, -0.05) is 0 Å². The highest BCUT2D eigenvalue weighted by Crippen LogP contribution is 2.43. The number of carboxylic acid groups (broad SMARTS) is 1. The molecule has 8 nitrogen and oxygen atoms in total. The largest absolute Gasteiger partial charge is 0.480 e. The van der Waals surface area contributed by atoms with Crippen molar-refractivity contribution >= 4 is 23.0 Å². The number of aromatic nitrogens is 4. The van der Waals surface area contributed by atoms with E-state index in [0.29, 0.717) is 5.65 Å². The minimum Gasteiger partial charge on any atom is -0.480 e. The van der Waals surface area contributed by atoms with Crippen LogP contribution in [0.5, 0.6) is 0 Å². The molecule has 8 heteroatoms. The van der Waals surface area contributed by atoms with E-state index in [1.165, 1.54) is 0 Å². The molecule has 4 heterocycles. The predicted octanol–water partition coefficient (Wildman–Crippen LogP) is 0.728. The van der Waals surface area contributed by atoms with Gasteiger partial charge in [0.05, 0.1) is 6.33 Å². The molecule has 23 heavy (non-hydrogen) atoms. The zero-order valence-electron chi connectivity index (χ0n) is 13.1. The van der Waals surface area contributed by atoms with Crippen molar-refractivity contribution in [1.29, 1.82) is 0 Å². The third-order valence-corrected chi connectivity index (χ3v) is 5.35. The molecule has 0 amide bonds. The van der Waals surface area contributed by atoms with E-state index in [1.807, 2.05) is 11.9 Å². The predicted molar refractivity (Wildman–Crippen MR) is 84.2 cm³/mol. The lowest BCUT2D eigenvalue weighted by Gasteiger charge is -2.39. The number of H-pyrrole nitrogens is 1. The molecule has 0 radical (unpaired) electrons. The molecule has 0 aromatic carbocycles. The normalized spacial score (nSPS) is 24.6. The molecule has 2 aliphatic rings. The van der Waals surface area contributed by atoms with Crippen molar-refractivity contribution in [3.05, 3.63) is 12.7 Å². The van der Waals surface area contributed by atoms with Crippen LogP contribution < -0.4 is 4.90 Å². The molecule has 2 aromatic heterocycles. The van der Waals surface area contributed by atoms with Gasteiger partial charge in [-0.15, -0.1) is 0 Å². The van der Waals surface area contributed by atoms with Crippen LogP contribution >= 0.6 is 0 Å². The first kappa shape index (κ1) is 14.4. The third kappa shape index (κ3) is 2.33. The summed E-state index contributed by atoms with van der Waals surface area (Å²) in [4.78, 5) is 31.5. The minimum atomic E-state index is -0.707. The maximum absolute atomic E-state index is 11.4. The summed E-state index contributed by atoms with van der Waals surface area (Å²) in [6, 6.07) is -0.347.